The fourth-order valence-corrected chi connectivity index (χ4v) is 11.1. The Hall–Kier alpha value is -5.36. The highest BCUT2D eigenvalue weighted by molar-refractivity contribution is 8.77. The number of nitrogen functional groups attached to an aromatic ring is 1. The summed E-state index contributed by atoms with van der Waals surface area (Å²) in [7, 11) is 14.2. The molecule has 0 aliphatic carbocycles. The third kappa shape index (κ3) is 13.3. The molecule has 0 fully saturated rings. The first-order valence-electron chi connectivity index (χ1n) is 20.4. The monoisotopic (exact) mass is 941 g/mol. The molecular formula is C47H59N9O4S4. The van der Waals surface area contributed by atoms with Crippen LogP contribution in [-0.2, 0) is 28.2 Å². The highest BCUT2D eigenvalue weighted by Gasteiger charge is 2.23. The van der Waals surface area contributed by atoms with Crippen LogP contribution in [-0.4, -0.2) is 77.0 Å². The van der Waals surface area contributed by atoms with Crippen molar-refractivity contribution in [1.82, 2.24) is 28.9 Å². The van der Waals surface area contributed by atoms with Gasteiger partial charge in [-0.15, -0.1) is 0 Å². The van der Waals surface area contributed by atoms with Gasteiger partial charge in [0, 0.05) is 98.1 Å². The van der Waals surface area contributed by atoms with Crippen LogP contribution in [0.3, 0.4) is 0 Å². The van der Waals surface area contributed by atoms with Crippen LogP contribution in [0, 0.1) is 6.92 Å². The van der Waals surface area contributed by atoms with E-state index in [-0.39, 0.29) is 33.1 Å². The average Bonchev–Trinajstić information content (AvgIpc) is 4.01. The minimum absolute atomic E-state index is 0.0402. The topological polar surface area (TPSA) is 162 Å². The summed E-state index contributed by atoms with van der Waals surface area (Å²) in [6.45, 7) is 11.6. The van der Waals surface area contributed by atoms with Gasteiger partial charge < -0.3 is 45.3 Å². The molecule has 0 spiro atoms. The van der Waals surface area contributed by atoms with Gasteiger partial charge in [-0.1, -0.05) is 67.4 Å². The van der Waals surface area contributed by atoms with Crippen molar-refractivity contribution >= 4 is 83.9 Å². The SMILES string of the molecule is CSSC(C)(C)CNC(=O)c1cc(-c2ccc(NC(=O)c3cc(C)cn3C)cc2)cn1C.CSSC(C)(C)CNC(=O)c1cc(-c2ccc(NC(=O)c3cc(N)cn3C)cc2)cn1C. The predicted molar refractivity (Wildman–Crippen MR) is 273 cm³/mol. The van der Waals surface area contributed by atoms with Crippen molar-refractivity contribution in [2.45, 2.75) is 44.1 Å². The van der Waals surface area contributed by atoms with Crippen LogP contribution < -0.4 is 27.0 Å². The number of hydrogen-bond donors (Lipinski definition) is 5. The summed E-state index contributed by atoms with van der Waals surface area (Å²) in [5.41, 5.74) is 14.9. The summed E-state index contributed by atoms with van der Waals surface area (Å²) in [4.78, 5) is 50.4. The number of nitrogens with one attached hydrogen (secondary N) is 4. The number of nitrogens with two attached hydrogens (primary N) is 1. The number of nitrogens with zero attached hydrogens (tertiary/aromatic N) is 4. The maximum absolute atomic E-state index is 12.7. The summed E-state index contributed by atoms with van der Waals surface area (Å²) in [6.07, 6.45) is 11.6. The molecule has 13 nitrogen and oxygen atoms in total. The first-order chi connectivity index (χ1) is 30.2. The lowest BCUT2D eigenvalue weighted by Crippen LogP contribution is -2.36. The third-order valence-electron chi connectivity index (χ3n) is 10.0. The molecule has 0 unspecified atom stereocenters. The molecule has 2 aromatic carbocycles. The molecule has 0 radical (unpaired) electrons. The van der Waals surface area contributed by atoms with Gasteiger partial charge in [-0.3, -0.25) is 19.2 Å². The number of carbonyl (C=O) groups excluding carboxylic acids is 4. The Morgan fingerprint density at radius 1 is 0.516 bits per heavy atom. The van der Waals surface area contributed by atoms with E-state index in [1.165, 1.54) is 0 Å². The van der Waals surface area contributed by atoms with Gasteiger partial charge in [0.1, 0.15) is 22.8 Å². The van der Waals surface area contributed by atoms with E-state index in [0.29, 0.717) is 47.2 Å². The van der Waals surface area contributed by atoms with E-state index in [2.05, 4.69) is 49.0 Å². The number of amides is 4. The number of aromatic nitrogens is 4. The lowest BCUT2D eigenvalue weighted by molar-refractivity contribution is 0.0935. The van der Waals surface area contributed by atoms with Crippen molar-refractivity contribution in [2.75, 3.05) is 42.0 Å². The molecule has 4 amide bonds. The molecule has 0 atom stereocenters. The summed E-state index contributed by atoms with van der Waals surface area (Å²) < 4.78 is 7.09. The Labute approximate surface area is 392 Å². The number of rotatable bonds is 16. The summed E-state index contributed by atoms with van der Waals surface area (Å²) in [6, 6.07) is 22.4. The van der Waals surface area contributed by atoms with Crippen LogP contribution in [0.2, 0.25) is 0 Å². The molecule has 340 valence electrons. The standard InChI is InChI=1S/C24H30N4O2S2.C23H29N5O2S2/c1-16-11-20(27(4)13-16)23(30)26-19-9-7-17(8-10-19)18-12-21(28(5)14-18)22(29)25-15-24(2,3)32-31-6;1-23(2,32-31-5)14-25-21(29)19-10-16(12-27(19)3)15-6-8-18(9-7-15)26-22(30)20-11-17(24)13-28(20)4/h7-14H,15H2,1-6H3,(H,25,29)(H,26,30);6-13H,14,24H2,1-5H3,(H,25,29)(H,26,30). The quantitative estimate of drug-likeness (QED) is 0.0596. The van der Waals surface area contributed by atoms with E-state index in [0.717, 1.165) is 33.5 Å². The molecule has 0 saturated carbocycles. The molecule has 0 aliphatic rings. The van der Waals surface area contributed by atoms with Gasteiger partial charge in [-0.25, -0.2) is 0 Å². The summed E-state index contributed by atoms with van der Waals surface area (Å²) in [5, 5.41) is 11.9. The van der Waals surface area contributed by atoms with Crippen molar-refractivity contribution in [3.8, 4) is 22.3 Å². The Bertz CT molecular complexity index is 2410. The van der Waals surface area contributed by atoms with Crippen molar-refractivity contribution in [3.63, 3.8) is 0 Å². The minimum atomic E-state index is -0.224. The van der Waals surface area contributed by atoms with E-state index >= 15 is 0 Å². The molecular weight excluding hydrogens is 883 g/mol. The minimum Gasteiger partial charge on any atom is -0.397 e. The third-order valence-corrected chi connectivity index (χ3v) is 15.3. The zero-order chi connectivity index (χ0) is 46.9. The van der Waals surface area contributed by atoms with E-state index in [1.54, 1.807) is 67.1 Å². The predicted octanol–water partition coefficient (Wildman–Crippen LogP) is 9.50. The van der Waals surface area contributed by atoms with Crippen LogP contribution >= 0.6 is 43.2 Å². The Morgan fingerprint density at radius 2 is 0.875 bits per heavy atom. The van der Waals surface area contributed by atoms with Gasteiger partial charge in [-0.05, 0) is 112 Å². The zero-order valence-corrected chi connectivity index (χ0v) is 41.5. The van der Waals surface area contributed by atoms with E-state index < -0.39 is 0 Å². The molecule has 0 bridgehead atoms. The number of hydrogen-bond acceptors (Lipinski definition) is 9. The zero-order valence-electron chi connectivity index (χ0n) is 38.3. The Balaban J connectivity index is 0.000000241. The highest BCUT2D eigenvalue weighted by Crippen LogP contribution is 2.34. The number of anilines is 3. The lowest BCUT2D eigenvalue weighted by atomic mass is 10.1. The molecule has 4 heterocycles. The van der Waals surface area contributed by atoms with Gasteiger partial charge in [0.15, 0.2) is 0 Å². The maximum Gasteiger partial charge on any atom is 0.272 e. The van der Waals surface area contributed by atoms with Gasteiger partial charge >= 0.3 is 0 Å². The summed E-state index contributed by atoms with van der Waals surface area (Å²) >= 11 is 0. The second-order valence-electron chi connectivity index (χ2n) is 16.7. The first kappa shape index (κ1) is 49.7. The smallest absolute Gasteiger partial charge is 0.272 e. The fourth-order valence-electron chi connectivity index (χ4n) is 6.83. The van der Waals surface area contributed by atoms with Crippen LogP contribution in [0.25, 0.3) is 22.3 Å². The van der Waals surface area contributed by atoms with Crippen LogP contribution in [0.15, 0.2) is 97.6 Å². The van der Waals surface area contributed by atoms with E-state index in [9.17, 15) is 19.2 Å². The van der Waals surface area contributed by atoms with Gasteiger partial charge in [-0.2, -0.15) is 0 Å². The Kier molecular flexibility index (Phi) is 16.7. The number of aryl methyl sites for hydroxylation is 5. The normalized spacial score (nSPS) is 11.4. The molecule has 4 aromatic heterocycles. The summed E-state index contributed by atoms with van der Waals surface area (Å²) in [5.74, 6) is -0.553. The lowest BCUT2D eigenvalue weighted by Gasteiger charge is -2.22. The fraction of sp³-hybridized carbons (Fsp3) is 0.319. The van der Waals surface area contributed by atoms with E-state index in [1.807, 2.05) is 140 Å². The van der Waals surface area contributed by atoms with Crippen molar-refractivity contribution < 1.29 is 19.2 Å². The van der Waals surface area contributed by atoms with Crippen molar-refractivity contribution in [1.29, 1.82) is 0 Å². The van der Waals surface area contributed by atoms with Gasteiger partial charge in [0.05, 0.1) is 5.69 Å². The second-order valence-corrected chi connectivity index (χ2v) is 22.9. The molecule has 17 heteroatoms. The Morgan fingerprint density at radius 3 is 1.22 bits per heavy atom. The van der Waals surface area contributed by atoms with Gasteiger partial charge in [0.25, 0.3) is 23.6 Å². The van der Waals surface area contributed by atoms with Crippen LogP contribution in [0.5, 0.6) is 0 Å². The molecule has 0 aliphatic heterocycles. The molecule has 6 aromatic rings. The van der Waals surface area contributed by atoms with Crippen molar-refractivity contribution in [2.24, 2.45) is 28.2 Å². The van der Waals surface area contributed by atoms with Crippen LogP contribution in [0.1, 0.15) is 75.2 Å². The first-order valence-corrected chi connectivity index (χ1v) is 25.5. The van der Waals surface area contributed by atoms with Crippen LogP contribution in [0.4, 0.5) is 17.1 Å². The maximum atomic E-state index is 12.7. The molecule has 0 saturated heterocycles. The highest BCUT2D eigenvalue weighted by atomic mass is 33.1. The molecule has 6 rings (SSSR count). The second kappa shape index (κ2) is 21.5. The van der Waals surface area contributed by atoms with E-state index in [4.69, 9.17) is 5.73 Å². The molecule has 64 heavy (non-hydrogen) atoms. The van der Waals surface area contributed by atoms with Gasteiger partial charge in [0.2, 0.25) is 0 Å². The van der Waals surface area contributed by atoms with Crippen molar-refractivity contribution in [3.05, 3.63) is 126 Å². The number of carbonyl (C=O) groups is 4. The largest absolute Gasteiger partial charge is 0.397 e. The molecule has 6 N–H and O–H groups in total. The average molecular weight is 942 g/mol. The number of benzene rings is 2.